The van der Waals surface area contributed by atoms with Crippen LogP contribution >= 0.6 is 0 Å². The van der Waals surface area contributed by atoms with E-state index in [1.165, 1.54) is 12.1 Å². The number of aromatic carboxylic acids is 1. The molecule has 1 heterocycles. The van der Waals surface area contributed by atoms with Gasteiger partial charge >= 0.3 is 5.97 Å². The Kier molecular flexibility index (Phi) is 3.37. The molecule has 3 rings (SSSR count). The Morgan fingerprint density at radius 1 is 1.09 bits per heavy atom. The maximum Gasteiger partial charge on any atom is 0.335 e. The molecule has 3 aromatic rings. The maximum absolute atomic E-state index is 13.2. The van der Waals surface area contributed by atoms with Gasteiger partial charge in [-0.2, -0.15) is 0 Å². The van der Waals surface area contributed by atoms with Crippen LogP contribution in [0.3, 0.4) is 0 Å². The summed E-state index contributed by atoms with van der Waals surface area (Å²) in [4.78, 5) is 15.7. The Labute approximate surface area is 127 Å². The topological polar surface area (TPSA) is 50.2 Å². The van der Waals surface area contributed by atoms with Gasteiger partial charge in [0.05, 0.1) is 11.1 Å². The molecule has 3 nitrogen and oxygen atoms in total. The highest BCUT2D eigenvalue weighted by molar-refractivity contribution is 6.01. The Hall–Kier alpha value is -2.75. The van der Waals surface area contributed by atoms with Gasteiger partial charge in [0.2, 0.25) is 0 Å². The maximum atomic E-state index is 13.2. The third kappa shape index (κ3) is 2.33. The number of halogens is 1. The van der Waals surface area contributed by atoms with E-state index in [4.69, 9.17) is 0 Å². The van der Waals surface area contributed by atoms with Gasteiger partial charge in [-0.1, -0.05) is 12.1 Å². The van der Waals surface area contributed by atoms with Crippen molar-refractivity contribution in [1.29, 1.82) is 0 Å². The third-order valence-electron chi connectivity index (χ3n) is 3.85. The van der Waals surface area contributed by atoms with E-state index >= 15 is 0 Å². The minimum Gasteiger partial charge on any atom is -0.478 e. The SMILES string of the molecule is Cc1nc2ccc(C(=O)O)cc2c(-c2ccc(F)cc2)c1C. The van der Waals surface area contributed by atoms with E-state index < -0.39 is 5.97 Å². The van der Waals surface area contributed by atoms with E-state index in [1.807, 2.05) is 13.8 Å². The average Bonchev–Trinajstić information content (AvgIpc) is 2.49. The molecule has 1 N–H and O–H groups in total. The van der Waals surface area contributed by atoms with Crippen LogP contribution in [-0.4, -0.2) is 16.1 Å². The lowest BCUT2D eigenvalue weighted by molar-refractivity contribution is 0.0697. The van der Waals surface area contributed by atoms with Crippen molar-refractivity contribution in [2.45, 2.75) is 13.8 Å². The van der Waals surface area contributed by atoms with Crippen molar-refractivity contribution in [2.75, 3.05) is 0 Å². The Bertz CT molecular complexity index is 886. The number of hydrogen-bond acceptors (Lipinski definition) is 2. The van der Waals surface area contributed by atoms with Crippen molar-refractivity contribution in [2.24, 2.45) is 0 Å². The first-order valence-electron chi connectivity index (χ1n) is 6.87. The zero-order valence-electron chi connectivity index (χ0n) is 12.2. The van der Waals surface area contributed by atoms with Crippen LogP contribution in [0.25, 0.3) is 22.0 Å². The molecular weight excluding hydrogens is 281 g/mol. The average molecular weight is 295 g/mol. The number of hydrogen-bond donors (Lipinski definition) is 1. The van der Waals surface area contributed by atoms with Gasteiger partial charge in [-0.25, -0.2) is 9.18 Å². The molecule has 1 aromatic heterocycles. The van der Waals surface area contributed by atoms with Gasteiger partial charge in [-0.05, 0) is 60.9 Å². The number of pyridine rings is 1. The summed E-state index contributed by atoms with van der Waals surface area (Å²) >= 11 is 0. The minimum atomic E-state index is -0.981. The molecule has 0 fully saturated rings. The highest BCUT2D eigenvalue weighted by Crippen LogP contribution is 2.33. The normalized spacial score (nSPS) is 10.9. The van der Waals surface area contributed by atoms with Crippen LogP contribution in [0.15, 0.2) is 42.5 Å². The number of nitrogens with zero attached hydrogens (tertiary/aromatic N) is 1. The van der Waals surface area contributed by atoms with Gasteiger partial charge in [0.1, 0.15) is 5.82 Å². The molecule has 0 bridgehead atoms. The van der Waals surface area contributed by atoms with Gasteiger partial charge in [-0.15, -0.1) is 0 Å². The first-order chi connectivity index (χ1) is 10.5. The van der Waals surface area contributed by atoms with E-state index in [1.54, 1.807) is 30.3 Å². The number of rotatable bonds is 2. The summed E-state index contributed by atoms with van der Waals surface area (Å²) < 4.78 is 13.2. The predicted molar refractivity (Wildman–Crippen MR) is 83.6 cm³/mol. The number of fused-ring (bicyclic) bond motifs is 1. The zero-order valence-corrected chi connectivity index (χ0v) is 12.2. The molecule has 0 spiro atoms. The summed E-state index contributed by atoms with van der Waals surface area (Å²) in [6, 6.07) is 11.1. The highest BCUT2D eigenvalue weighted by atomic mass is 19.1. The lowest BCUT2D eigenvalue weighted by Crippen LogP contribution is -1.99. The van der Waals surface area contributed by atoms with E-state index in [0.29, 0.717) is 0 Å². The molecule has 0 unspecified atom stereocenters. The van der Waals surface area contributed by atoms with Crippen LogP contribution in [-0.2, 0) is 0 Å². The number of benzene rings is 2. The number of aryl methyl sites for hydroxylation is 1. The molecule has 0 aliphatic heterocycles. The minimum absolute atomic E-state index is 0.209. The Balaban J connectivity index is 2.39. The number of aromatic nitrogens is 1. The fraction of sp³-hybridized carbons (Fsp3) is 0.111. The largest absolute Gasteiger partial charge is 0.478 e. The number of carboxylic acid groups (broad SMARTS) is 1. The van der Waals surface area contributed by atoms with Crippen LogP contribution in [0.1, 0.15) is 21.6 Å². The fourth-order valence-electron chi connectivity index (χ4n) is 2.60. The first-order valence-corrected chi connectivity index (χ1v) is 6.87. The van der Waals surface area contributed by atoms with E-state index in [-0.39, 0.29) is 11.4 Å². The monoisotopic (exact) mass is 295 g/mol. The van der Waals surface area contributed by atoms with Gasteiger partial charge in [0.15, 0.2) is 0 Å². The molecule has 2 aromatic carbocycles. The van der Waals surface area contributed by atoms with Crippen molar-refractivity contribution in [3.05, 3.63) is 65.1 Å². The molecule has 4 heteroatoms. The quantitative estimate of drug-likeness (QED) is 0.764. The number of carboxylic acids is 1. The summed E-state index contributed by atoms with van der Waals surface area (Å²) in [5.74, 6) is -1.28. The second kappa shape index (κ2) is 5.22. The van der Waals surface area contributed by atoms with Crippen molar-refractivity contribution < 1.29 is 14.3 Å². The Morgan fingerprint density at radius 3 is 2.41 bits per heavy atom. The first kappa shape index (κ1) is 14.2. The molecule has 0 saturated heterocycles. The molecule has 0 amide bonds. The Morgan fingerprint density at radius 2 is 1.77 bits per heavy atom. The lowest BCUT2D eigenvalue weighted by atomic mass is 9.94. The lowest BCUT2D eigenvalue weighted by Gasteiger charge is -2.13. The second-order valence-electron chi connectivity index (χ2n) is 5.24. The smallest absolute Gasteiger partial charge is 0.335 e. The highest BCUT2D eigenvalue weighted by Gasteiger charge is 2.13. The van der Waals surface area contributed by atoms with E-state index in [0.717, 1.165) is 33.3 Å². The van der Waals surface area contributed by atoms with Crippen LogP contribution in [0.2, 0.25) is 0 Å². The molecule has 0 radical (unpaired) electrons. The van der Waals surface area contributed by atoms with Crippen molar-refractivity contribution in [3.8, 4) is 11.1 Å². The summed E-state index contributed by atoms with van der Waals surface area (Å²) in [6.45, 7) is 3.85. The summed E-state index contributed by atoms with van der Waals surface area (Å²) in [7, 11) is 0. The van der Waals surface area contributed by atoms with Crippen molar-refractivity contribution in [1.82, 2.24) is 4.98 Å². The molecular formula is C18H14FNO2. The van der Waals surface area contributed by atoms with Crippen LogP contribution in [0.5, 0.6) is 0 Å². The van der Waals surface area contributed by atoms with Crippen molar-refractivity contribution in [3.63, 3.8) is 0 Å². The molecule has 110 valence electrons. The van der Waals surface area contributed by atoms with Gasteiger partial charge in [0, 0.05) is 11.1 Å². The van der Waals surface area contributed by atoms with Crippen LogP contribution < -0.4 is 0 Å². The molecule has 0 saturated carbocycles. The second-order valence-corrected chi connectivity index (χ2v) is 5.24. The molecule has 0 aliphatic rings. The molecule has 0 atom stereocenters. The van der Waals surface area contributed by atoms with Gasteiger partial charge in [-0.3, -0.25) is 4.98 Å². The molecule has 0 aliphatic carbocycles. The standard InChI is InChI=1S/C18H14FNO2/c1-10-11(2)20-16-8-5-13(18(21)22)9-15(16)17(10)12-3-6-14(19)7-4-12/h3-9H,1-2H3,(H,21,22). The van der Waals surface area contributed by atoms with Crippen LogP contribution in [0.4, 0.5) is 4.39 Å². The molecule has 22 heavy (non-hydrogen) atoms. The summed E-state index contributed by atoms with van der Waals surface area (Å²) in [6.07, 6.45) is 0. The zero-order chi connectivity index (χ0) is 15.9. The predicted octanol–water partition coefficient (Wildman–Crippen LogP) is 4.36. The van der Waals surface area contributed by atoms with Gasteiger partial charge < -0.3 is 5.11 Å². The van der Waals surface area contributed by atoms with E-state index in [9.17, 15) is 14.3 Å². The summed E-state index contributed by atoms with van der Waals surface area (Å²) in [5.41, 5.74) is 4.51. The fourth-order valence-corrected chi connectivity index (χ4v) is 2.60. The van der Waals surface area contributed by atoms with Crippen LogP contribution in [0, 0.1) is 19.7 Å². The van der Waals surface area contributed by atoms with Crippen molar-refractivity contribution >= 4 is 16.9 Å². The number of carbonyl (C=O) groups is 1. The van der Waals surface area contributed by atoms with E-state index in [2.05, 4.69) is 4.98 Å². The third-order valence-corrected chi connectivity index (χ3v) is 3.85. The van der Waals surface area contributed by atoms with Gasteiger partial charge in [0.25, 0.3) is 0 Å². The summed E-state index contributed by atoms with van der Waals surface area (Å²) in [5, 5.41) is 9.95.